The van der Waals surface area contributed by atoms with E-state index in [1.54, 1.807) is 13.0 Å². The van der Waals surface area contributed by atoms with Crippen LogP contribution < -0.4 is 10.6 Å². The molecule has 0 radical (unpaired) electrons. The van der Waals surface area contributed by atoms with Gasteiger partial charge in [-0.3, -0.25) is 4.99 Å². The summed E-state index contributed by atoms with van der Waals surface area (Å²) in [6.07, 6.45) is 6.53. The maximum absolute atomic E-state index is 13.9. The molecule has 0 bridgehead atoms. The predicted octanol–water partition coefficient (Wildman–Crippen LogP) is 4.32. The van der Waals surface area contributed by atoms with Gasteiger partial charge >= 0.3 is 0 Å². The third-order valence-corrected chi connectivity index (χ3v) is 5.41. The van der Waals surface area contributed by atoms with Crippen molar-refractivity contribution >= 4 is 29.9 Å². The van der Waals surface area contributed by atoms with Gasteiger partial charge in [0.1, 0.15) is 17.5 Å². The van der Waals surface area contributed by atoms with Crippen LogP contribution >= 0.6 is 24.0 Å². The van der Waals surface area contributed by atoms with Crippen LogP contribution in [0.4, 0.5) is 4.39 Å². The molecule has 1 atom stereocenters. The molecule has 1 aliphatic rings. The molecule has 3 rings (SSSR count). The number of rotatable bonds is 7. The van der Waals surface area contributed by atoms with Gasteiger partial charge in [-0.25, -0.2) is 4.39 Å². The van der Waals surface area contributed by atoms with Crippen LogP contribution in [-0.2, 0) is 19.4 Å². The second-order valence-corrected chi connectivity index (χ2v) is 7.73. The van der Waals surface area contributed by atoms with Gasteiger partial charge < -0.3 is 15.2 Å². The van der Waals surface area contributed by atoms with Crippen LogP contribution in [0.15, 0.2) is 23.2 Å². The van der Waals surface area contributed by atoms with Gasteiger partial charge in [-0.15, -0.1) is 34.2 Å². The molecule has 166 valence electrons. The Hall–Kier alpha value is -1.71. The number of nitrogens with zero attached hydrogens (tertiary/aromatic N) is 4. The average molecular weight is 528 g/mol. The smallest absolute Gasteiger partial charge is 0.191 e. The highest BCUT2D eigenvalue weighted by molar-refractivity contribution is 14.0. The van der Waals surface area contributed by atoms with E-state index < -0.39 is 0 Å². The van der Waals surface area contributed by atoms with E-state index in [1.165, 1.54) is 19.3 Å². The highest BCUT2D eigenvalue weighted by Crippen LogP contribution is 2.17. The number of aryl methyl sites for hydroxylation is 3. The maximum Gasteiger partial charge on any atom is 0.191 e. The summed E-state index contributed by atoms with van der Waals surface area (Å²) in [5.74, 6) is 2.79. The van der Waals surface area contributed by atoms with Crippen molar-refractivity contribution in [1.82, 2.24) is 25.4 Å². The van der Waals surface area contributed by atoms with Crippen molar-refractivity contribution in [2.45, 2.75) is 71.9 Å². The molecule has 0 fully saturated rings. The van der Waals surface area contributed by atoms with Crippen LogP contribution in [0.5, 0.6) is 0 Å². The molecule has 8 heteroatoms. The van der Waals surface area contributed by atoms with Crippen molar-refractivity contribution in [2.24, 2.45) is 4.99 Å². The quantitative estimate of drug-likeness (QED) is 0.243. The van der Waals surface area contributed by atoms with Gasteiger partial charge in [0.25, 0.3) is 0 Å². The molecule has 2 heterocycles. The SMILES string of the molecule is CCNC(=NCCCc1nnc2n1CCCCC2)NC(C)c1ccc(C)c(F)c1.I. The fraction of sp³-hybridized carbons (Fsp3) is 0.591. The second kappa shape index (κ2) is 12.2. The molecule has 0 spiro atoms. The largest absolute Gasteiger partial charge is 0.357 e. The van der Waals surface area contributed by atoms with E-state index in [0.717, 1.165) is 55.5 Å². The number of aromatic nitrogens is 3. The summed E-state index contributed by atoms with van der Waals surface area (Å²) in [7, 11) is 0. The van der Waals surface area contributed by atoms with Crippen LogP contribution in [0, 0.1) is 12.7 Å². The second-order valence-electron chi connectivity index (χ2n) is 7.73. The number of fused-ring (bicyclic) bond motifs is 1. The number of benzene rings is 1. The van der Waals surface area contributed by atoms with E-state index in [-0.39, 0.29) is 35.8 Å². The summed E-state index contributed by atoms with van der Waals surface area (Å²) in [6, 6.07) is 5.33. The van der Waals surface area contributed by atoms with Gasteiger partial charge in [-0.1, -0.05) is 18.6 Å². The summed E-state index contributed by atoms with van der Waals surface area (Å²) in [6.45, 7) is 8.35. The molecule has 1 aromatic heterocycles. The third-order valence-electron chi connectivity index (χ3n) is 5.41. The molecule has 0 saturated carbocycles. The standard InChI is InChI=1S/C22H33FN6.HI/c1-4-24-22(26-17(3)18-12-11-16(2)19(23)15-18)25-13-8-10-21-28-27-20-9-6-5-7-14-29(20)21;/h11-12,15,17H,4-10,13-14H2,1-3H3,(H2,24,25,26);1H. The average Bonchev–Trinajstić information content (AvgIpc) is 2.93. The van der Waals surface area contributed by atoms with Crippen LogP contribution in [0.3, 0.4) is 0 Å². The Kier molecular flexibility index (Phi) is 10.0. The number of hydrogen-bond donors (Lipinski definition) is 2. The molecule has 0 amide bonds. The molecule has 1 unspecified atom stereocenters. The van der Waals surface area contributed by atoms with E-state index in [0.29, 0.717) is 12.1 Å². The first kappa shape index (κ1) is 24.6. The normalized spacial score (nSPS) is 15.0. The highest BCUT2D eigenvalue weighted by Gasteiger charge is 2.14. The lowest BCUT2D eigenvalue weighted by molar-refractivity contribution is 0.596. The molecule has 2 N–H and O–H groups in total. The fourth-order valence-electron chi connectivity index (χ4n) is 3.65. The summed E-state index contributed by atoms with van der Waals surface area (Å²) in [4.78, 5) is 4.69. The van der Waals surface area contributed by atoms with Crippen molar-refractivity contribution in [3.8, 4) is 0 Å². The number of halogens is 2. The number of aliphatic imine (C=N–C) groups is 1. The Morgan fingerprint density at radius 3 is 2.87 bits per heavy atom. The van der Waals surface area contributed by atoms with Gasteiger partial charge in [-0.05, 0) is 57.2 Å². The number of hydrogen-bond acceptors (Lipinski definition) is 3. The van der Waals surface area contributed by atoms with Crippen LogP contribution in [0.2, 0.25) is 0 Å². The van der Waals surface area contributed by atoms with Gasteiger partial charge in [0.15, 0.2) is 5.96 Å². The molecule has 1 aromatic carbocycles. The molecular formula is C22H34FIN6. The van der Waals surface area contributed by atoms with Gasteiger partial charge in [0, 0.05) is 32.5 Å². The lowest BCUT2D eigenvalue weighted by Crippen LogP contribution is -2.38. The van der Waals surface area contributed by atoms with E-state index in [2.05, 4.69) is 25.4 Å². The van der Waals surface area contributed by atoms with E-state index in [4.69, 9.17) is 4.99 Å². The zero-order valence-corrected chi connectivity index (χ0v) is 20.6. The lowest BCUT2D eigenvalue weighted by atomic mass is 10.1. The monoisotopic (exact) mass is 528 g/mol. The summed E-state index contributed by atoms with van der Waals surface area (Å²) >= 11 is 0. The first-order valence-electron chi connectivity index (χ1n) is 10.8. The molecule has 6 nitrogen and oxygen atoms in total. The van der Waals surface area contributed by atoms with E-state index >= 15 is 0 Å². The first-order valence-corrected chi connectivity index (χ1v) is 10.8. The minimum Gasteiger partial charge on any atom is -0.357 e. The van der Waals surface area contributed by atoms with Crippen molar-refractivity contribution in [1.29, 1.82) is 0 Å². The Morgan fingerprint density at radius 2 is 2.10 bits per heavy atom. The molecule has 1 aliphatic heterocycles. The number of guanidine groups is 1. The maximum atomic E-state index is 13.9. The van der Waals surface area contributed by atoms with Crippen LogP contribution in [0.25, 0.3) is 0 Å². The zero-order valence-electron chi connectivity index (χ0n) is 18.2. The topological polar surface area (TPSA) is 67.1 Å². The predicted molar refractivity (Wildman–Crippen MR) is 130 cm³/mol. The Bertz CT molecular complexity index is 835. The van der Waals surface area contributed by atoms with Crippen LogP contribution in [0.1, 0.15) is 68.3 Å². The molecular weight excluding hydrogens is 494 g/mol. The molecule has 0 saturated heterocycles. The van der Waals surface area contributed by atoms with Crippen LogP contribution in [-0.4, -0.2) is 33.8 Å². The van der Waals surface area contributed by atoms with Crippen molar-refractivity contribution < 1.29 is 4.39 Å². The van der Waals surface area contributed by atoms with Gasteiger partial charge in [-0.2, -0.15) is 0 Å². The van der Waals surface area contributed by atoms with Gasteiger partial charge in [0.2, 0.25) is 0 Å². The van der Waals surface area contributed by atoms with Gasteiger partial charge in [0.05, 0.1) is 6.04 Å². The summed E-state index contributed by atoms with van der Waals surface area (Å²) in [5, 5.41) is 15.4. The fourth-order valence-corrected chi connectivity index (χ4v) is 3.65. The zero-order chi connectivity index (χ0) is 20.6. The molecule has 30 heavy (non-hydrogen) atoms. The first-order chi connectivity index (χ1) is 14.1. The summed E-state index contributed by atoms with van der Waals surface area (Å²) < 4.78 is 16.2. The Labute approximate surface area is 196 Å². The van der Waals surface area contributed by atoms with Crippen molar-refractivity contribution in [2.75, 3.05) is 13.1 Å². The molecule has 0 aliphatic carbocycles. The lowest BCUT2D eigenvalue weighted by Gasteiger charge is -2.18. The van der Waals surface area contributed by atoms with E-state index in [9.17, 15) is 4.39 Å². The Balaban J connectivity index is 0.00000320. The Morgan fingerprint density at radius 1 is 1.27 bits per heavy atom. The highest BCUT2D eigenvalue weighted by atomic mass is 127. The van der Waals surface area contributed by atoms with Crippen molar-refractivity contribution in [3.63, 3.8) is 0 Å². The third kappa shape index (κ3) is 6.65. The number of nitrogens with one attached hydrogen (secondary N) is 2. The summed E-state index contributed by atoms with van der Waals surface area (Å²) in [5.41, 5.74) is 1.57. The molecule has 2 aromatic rings. The minimum absolute atomic E-state index is 0. The van der Waals surface area contributed by atoms with Crippen molar-refractivity contribution in [3.05, 3.63) is 46.8 Å². The minimum atomic E-state index is -0.175. The van der Waals surface area contributed by atoms with E-state index in [1.807, 2.05) is 26.0 Å².